The average molecular weight is 295 g/mol. The van der Waals surface area contributed by atoms with Crippen molar-refractivity contribution < 1.29 is 52.4 Å². The van der Waals surface area contributed by atoms with Crippen molar-refractivity contribution in [2.45, 2.75) is 13.2 Å². The molecule has 9 heteroatoms. The molecule has 0 saturated carbocycles. The maximum absolute atomic E-state index is 10.3. The van der Waals surface area contributed by atoms with Crippen LogP contribution in [0.25, 0.3) is 0 Å². The van der Waals surface area contributed by atoms with Crippen molar-refractivity contribution in [3.8, 4) is 0 Å². The summed E-state index contributed by atoms with van der Waals surface area (Å²) in [6, 6.07) is 0. The van der Waals surface area contributed by atoms with Gasteiger partial charge in [-0.3, -0.25) is 0 Å². The second kappa shape index (κ2) is 11.0. The molecular weight excluding hydrogens is 277 g/mol. The summed E-state index contributed by atoms with van der Waals surface area (Å²) < 4.78 is 35.7. The fourth-order valence-electron chi connectivity index (χ4n) is 0.914. The van der Waals surface area contributed by atoms with Gasteiger partial charge in [0.15, 0.2) is 6.29 Å². The number of thioether (sulfide) groups is 1. The number of aliphatic hydroxyl groups is 1. The Kier molecular flexibility index (Phi) is 13.2. The van der Waals surface area contributed by atoms with Crippen LogP contribution >= 0.6 is 11.8 Å². The first-order valence-corrected chi connectivity index (χ1v) is 7.59. The Morgan fingerprint density at radius 1 is 1.53 bits per heavy atom. The molecule has 0 aromatic rings. The number of hydrogen-bond acceptors (Lipinski definition) is 7. The van der Waals surface area contributed by atoms with Gasteiger partial charge in [-0.2, -0.15) is 11.8 Å². The van der Waals surface area contributed by atoms with Gasteiger partial charge in [0.25, 0.3) is 0 Å². The Hall–Kier alpha value is 1.14. The van der Waals surface area contributed by atoms with Crippen LogP contribution in [-0.4, -0.2) is 54.8 Å². The molecule has 0 amide bonds. The molecule has 0 heterocycles. The zero-order valence-electron chi connectivity index (χ0n) is 10.2. The van der Waals surface area contributed by atoms with Crippen LogP contribution in [0.5, 0.6) is 0 Å². The van der Waals surface area contributed by atoms with Gasteiger partial charge < -0.3 is 20.1 Å². The number of ether oxygens (including phenoxy) is 1. The van der Waals surface area contributed by atoms with Crippen molar-refractivity contribution in [1.29, 1.82) is 0 Å². The van der Waals surface area contributed by atoms with Crippen LogP contribution < -0.4 is 35.3 Å². The van der Waals surface area contributed by atoms with E-state index in [1.54, 1.807) is 11.8 Å². The molecule has 2 atom stereocenters. The quantitative estimate of drug-likeness (QED) is 0.194. The van der Waals surface area contributed by atoms with Crippen molar-refractivity contribution >= 4 is 21.9 Å². The van der Waals surface area contributed by atoms with Gasteiger partial charge in [0.05, 0.1) is 22.5 Å². The molecule has 6 nitrogen and oxygen atoms in total. The molecule has 0 aliphatic carbocycles. The molecule has 3 N–H and O–H groups in total. The van der Waals surface area contributed by atoms with Crippen molar-refractivity contribution in [2.24, 2.45) is 11.7 Å². The Balaban J connectivity index is 0. The second-order valence-corrected chi connectivity index (χ2v) is 6.08. The summed E-state index contributed by atoms with van der Waals surface area (Å²) in [5, 5.41) is 9.08. The van der Waals surface area contributed by atoms with Gasteiger partial charge in [-0.15, -0.1) is 0 Å². The van der Waals surface area contributed by atoms with Gasteiger partial charge in [-0.05, 0) is 11.7 Å². The van der Waals surface area contributed by atoms with E-state index in [-0.39, 0.29) is 42.1 Å². The Morgan fingerprint density at radius 3 is 2.59 bits per heavy atom. The minimum Gasteiger partial charge on any atom is -0.748 e. The van der Waals surface area contributed by atoms with E-state index < -0.39 is 22.2 Å². The molecular formula is C8H18NNaO5S2. The Morgan fingerprint density at radius 2 is 2.12 bits per heavy atom. The van der Waals surface area contributed by atoms with Gasteiger partial charge >= 0.3 is 29.6 Å². The van der Waals surface area contributed by atoms with Crippen LogP contribution in [0.2, 0.25) is 0 Å². The van der Waals surface area contributed by atoms with Crippen LogP contribution in [0, 0.1) is 5.92 Å². The van der Waals surface area contributed by atoms with Crippen molar-refractivity contribution in [2.75, 3.05) is 30.4 Å². The fourth-order valence-corrected chi connectivity index (χ4v) is 2.19. The molecule has 0 spiro atoms. The summed E-state index contributed by atoms with van der Waals surface area (Å²) in [4.78, 5) is 0. The summed E-state index contributed by atoms with van der Waals surface area (Å²) in [7, 11) is -4.44. The predicted octanol–water partition coefficient (Wildman–Crippen LogP) is -3.80. The molecule has 0 rings (SSSR count). The third-order valence-electron chi connectivity index (χ3n) is 1.58. The number of hydrogen-bond donors (Lipinski definition) is 2. The van der Waals surface area contributed by atoms with Crippen molar-refractivity contribution in [3.05, 3.63) is 0 Å². The third kappa shape index (κ3) is 15.1. The van der Waals surface area contributed by atoms with Gasteiger partial charge in [0.2, 0.25) is 0 Å². The standard InChI is InChI=1S/C8H19NO5S2.Na/c1-7(5-15-3-2-9)4-14-8(10)6-16(11,12)13;/h7-8,10H,2-6,9H2,1H3,(H,11,12,13);/q;+1/p-1. The van der Waals surface area contributed by atoms with Crippen LogP contribution in [0.1, 0.15) is 6.92 Å². The summed E-state index contributed by atoms with van der Waals surface area (Å²) in [6.07, 6.45) is -1.54. The van der Waals surface area contributed by atoms with E-state index in [1.165, 1.54) is 0 Å². The molecule has 0 saturated heterocycles. The van der Waals surface area contributed by atoms with Crippen LogP contribution in [-0.2, 0) is 14.9 Å². The Labute approximate surface area is 129 Å². The molecule has 2 unspecified atom stereocenters. The van der Waals surface area contributed by atoms with E-state index in [9.17, 15) is 13.0 Å². The molecule has 98 valence electrons. The minimum absolute atomic E-state index is 0. The topological polar surface area (TPSA) is 113 Å². The summed E-state index contributed by atoms with van der Waals surface area (Å²) in [5.41, 5.74) is 5.31. The van der Waals surface area contributed by atoms with E-state index >= 15 is 0 Å². The maximum atomic E-state index is 10.3. The monoisotopic (exact) mass is 295 g/mol. The first-order valence-electron chi connectivity index (χ1n) is 4.86. The van der Waals surface area contributed by atoms with Gasteiger partial charge in [-0.25, -0.2) is 8.42 Å². The molecule has 0 fully saturated rings. The first kappa shape index (κ1) is 20.5. The van der Waals surface area contributed by atoms with Crippen LogP contribution in [0.4, 0.5) is 0 Å². The van der Waals surface area contributed by atoms with E-state index in [2.05, 4.69) is 0 Å². The molecule has 0 aromatic heterocycles. The molecule has 0 aliphatic rings. The maximum Gasteiger partial charge on any atom is 1.00 e. The second-order valence-electron chi connectivity index (χ2n) is 3.48. The molecule has 17 heavy (non-hydrogen) atoms. The largest absolute Gasteiger partial charge is 1.00 e. The number of aliphatic hydroxyl groups excluding tert-OH is 1. The summed E-state index contributed by atoms with van der Waals surface area (Å²) in [5.74, 6) is 0.923. The third-order valence-corrected chi connectivity index (χ3v) is 3.61. The molecule has 0 aromatic carbocycles. The fraction of sp³-hybridized carbons (Fsp3) is 1.00. The van der Waals surface area contributed by atoms with Gasteiger partial charge in [0, 0.05) is 12.3 Å². The van der Waals surface area contributed by atoms with Crippen molar-refractivity contribution in [1.82, 2.24) is 0 Å². The summed E-state index contributed by atoms with van der Waals surface area (Å²) in [6.45, 7) is 2.73. The predicted molar refractivity (Wildman–Crippen MR) is 62.1 cm³/mol. The zero-order valence-corrected chi connectivity index (χ0v) is 13.8. The average Bonchev–Trinajstić information content (AvgIpc) is 2.12. The summed E-state index contributed by atoms with van der Waals surface area (Å²) >= 11 is 1.66. The van der Waals surface area contributed by atoms with E-state index in [4.69, 9.17) is 15.6 Å². The minimum atomic E-state index is -4.44. The van der Waals surface area contributed by atoms with E-state index in [0.717, 1.165) is 11.5 Å². The van der Waals surface area contributed by atoms with Crippen LogP contribution in [0.15, 0.2) is 0 Å². The molecule has 0 aliphatic heterocycles. The first-order chi connectivity index (χ1) is 7.35. The van der Waals surface area contributed by atoms with Crippen LogP contribution in [0.3, 0.4) is 0 Å². The molecule has 0 radical (unpaired) electrons. The normalized spacial score (nSPS) is 15.1. The van der Waals surface area contributed by atoms with Gasteiger partial charge in [-0.1, -0.05) is 6.92 Å². The Bertz CT molecular complexity index is 275. The van der Waals surface area contributed by atoms with Crippen molar-refractivity contribution in [3.63, 3.8) is 0 Å². The SMILES string of the molecule is CC(COC(O)CS(=O)(=O)[O-])CSCCN.[Na+]. The van der Waals surface area contributed by atoms with E-state index in [0.29, 0.717) is 6.54 Å². The smallest absolute Gasteiger partial charge is 0.748 e. The zero-order chi connectivity index (χ0) is 12.6. The van der Waals surface area contributed by atoms with E-state index in [1.807, 2.05) is 6.92 Å². The molecule has 0 bridgehead atoms. The number of nitrogens with two attached hydrogens (primary N) is 1. The van der Waals surface area contributed by atoms with Gasteiger partial charge in [0.1, 0.15) is 0 Å². The number of rotatable bonds is 9.